The van der Waals surface area contributed by atoms with E-state index in [4.69, 9.17) is 17.5 Å². The molecule has 2 N–H and O–H groups in total. The van der Waals surface area contributed by atoms with Crippen LogP contribution in [0.3, 0.4) is 0 Å². The van der Waals surface area contributed by atoms with Gasteiger partial charge in [-0.3, -0.25) is 9.11 Å². The van der Waals surface area contributed by atoms with E-state index >= 15 is 0 Å². The molecule has 0 atom stereocenters. The Morgan fingerprint density at radius 3 is 1.14 bits per heavy atom. The molecular weight excluding hydrogens is 441 g/mol. The Kier molecular flexibility index (Phi) is 15.0. The first-order valence-corrected chi connectivity index (χ1v) is 2.10. The average molecular weight is 447 g/mol. The van der Waals surface area contributed by atoms with Crippen molar-refractivity contribution in [2.24, 2.45) is 0 Å². The Hall–Kier alpha value is 2.36. The normalized spacial score (nSPS) is 8.29. The predicted octanol–water partition coefficient (Wildman–Crippen LogP) is -2.49. The van der Waals surface area contributed by atoms with Gasteiger partial charge in [0.15, 0.2) is 0 Å². The average Bonchev–Trinajstić information content (AvgIpc) is 0.722. The second-order valence-electron chi connectivity index (χ2n) is 0.448. The van der Waals surface area contributed by atoms with Gasteiger partial charge in [-0.25, -0.2) is 0 Å². The van der Waals surface area contributed by atoms with Gasteiger partial charge >= 0.3 is 86.6 Å². The number of hydrogen-bond acceptors (Lipinski definition) is 2. The van der Waals surface area contributed by atoms with E-state index in [1.807, 2.05) is 0 Å². The first kappa shape index (κ1) is 16.2. The first-order chi connectivity index (χ1) is 2.00. The van der Waals surface area contributed by atoms with Crippen molar-refractivity contribution in [2.75, 3.05) is 0 Å². The quantitative estimate of drug-likeness (QED) is 0.319. The Bertz CT molecular complexity index is 94.9. The summed E-state index contributed by atoms with van der Waals surface area (Å²) >= 11 is 0. The summed E-state index contributed by atoms with van der Waals surface area (Å²) in [5, 5.41) is 0. The van der Waals surface area contributed by atoms with Crippen LogP contribution < -0.4 is 0 Å². The molecule has 0 bridgehead atoms. The second-order valence-corrected chi connectivity index (χ2v) is 1.34. The molecule has 0 aliphatic rings. The van der Waals surface area contributed by atoms with Crippen molar-refractivity contribution in [1.29, 1.82) is 0 Å². The summed E-state index contributed by atoms with van der Waals surface area (Å²) in [6.45, 7) is 0. The molecule has 42 valence electrons. The summed E-state index contributed by atoms with van der Waals surface area (Å²) in [6.07, 6.45) is 0. The van der Waals surface area contributed by atoms with E-state index in [1.54, 1.807) is 0 Å². The van der Waals surface area contributed by atoms with Crippen molar-refractivity contribution in [1.82, 2.24) is 0 Å². The van der Waals surface area contributed by atoms with Gasteiger partial charge in [-0.15, -0.1) is 0 Å². The monoisotopic (exact) mass is 448 g/mol. The Morgan fingerprint density at radius 2 is 1.14 bits per heavy atom. The van der Waals surface area contributed by atoms with Gasteiger partial charge in [0, 0.05) is 0 Å². The topological polar surface area (TPSA) is 74.6 Å². The molecule has 0 aliphatic heterocycles. The third-order valence-corrected chi connectivity index (χ3v) is 0. The van der Waals surface area contributed by atoms with Gasteiger partial charge in [-0.05, 0) is 0 Å². The van der Waals surface area contributed by atoms with Gasteiger partial charge in [0.25, 0.3) is 0 Å². The summed E-state index contributed by atoms with van der Waals surface area (Å²) in [5.74, 6) is 0. The second kappa shape index (κ2) is 6.48. The zero-order valence-corrected chi connectivity index (χ0v) is 9.14. The van der Waals surface area contributed by atoms with Crippen molar-refractivity contribution >= 4 is 86.6 Å². The fraction of sp³-hybridized carbons (Fsp3) is 0. The van der Waals surface area contributed by atoms with Gasteiger partial charge in [-0.1, -0.05) is 0 Å². The van der Waals surface area contributed by atoms with Crippen molar-refractivity contribution in [2.45, 2.75) is 0 Å². The Balaban J connectivity index is -0.0000000800. The molecule has 0 amide bonds. The third-order valence-electron chi connectivity index (χ3n) is 0. The van der Waals surface area contributed by atoms with E-state index in [0.29, 0.717) is 0 Å². The molecule has 2 radical (unpaired) electrons. The molecule has 7 heavy (non-hydrogen) atoms. The van der Waals surface area contributed by atoms with Gasteiger partial charge < -0.3 is 0 Å². The van der Waals surface area contributed by atoms with Crippen LogP contribution in [0.4, 0.5) is 0 Å². The zero-order chi connectivity index (χ0) is 4.50. The Labute approximate surface area is 102 Å². The minimum absolute atomic E-state index is 0. The molecule has 0 saturated heterocycles. The van der Waals surface area contributed by atoms with Gasteiger partial charge in [0.2, 0.25) is 0 Å². The minimum atomic E-state index is -4.67. The summed E-state index contributed by atoms with van der Waals surface area (Å²) < 4.78 is 31.6. The summed E-state index contributed by atoms with van der Waals surface area (Å²) in [6, 6.07) is 0. The van der Waals surface area contributed by atoms with Crippen LogP contribution in [0.2, 0.25) is 0 Å². The SMILES string of the molecule is O=S(=O)(O)O.[BaH2].[PbH2]. The molecule has 4 nitrogen and oxygen atoms in total. The van der Waals surface area contributed by atoms with Gasteiger partial charge in [-0.2, -0.15) is 8.42 Å². The van der Waals surface area contributed by atoms with Crippen LogP contribution in [0.1, 0.15) is 0 Å². The van der Waals surface area contributed by atoms with Crippen LogP contribution in [0.15, 0.2) is 0 Å². The summed E-state index contributed by atoms with van der Waals surface area (Å²) in [5.41, 5.74) is 0. The van der Waals surface area contributed by atoms with E-state index < -0.39 is 10.4 Å². The van der Waals surface area contributed by atoms with Crippen molar-refractivity contribution < 1.29 is 17.5 Å². The maximum atomic E-state index is 8.74. The molecule has 0 unspecified atom stereocenters. The predicted molar refractivity (Wildman–Crippen MR) is 31.3 cm³/mol. The van der Waals surface area contributed by atoms with Crippen molar-refractivity contribution in [3.8, 4) is 0 Å². The fourth-order valence-electron chi connectivity index (χ4n) is 0. The summed E-state index contributed by atoms with van der Waals surface area (Å²) in [7, 11) is -4.67. The molecule has 0 rings (SSSR count). The summed E-state index contributed by atoms with van der Waals surface area (Å²) in [4.78, 5) is 0. The van der Waals surface area contributed by atoms with E-state index in [0.717, 1.165) is 0 Å². The van der Waals surface area contributed by atoms with Crippen LogP contribution in [-0.4, -0.2) is 93.7 Å². The third kappa shape index (κ3) is 60.6. The molecule has 0 aromatic heterocycles. The molecule has 0 aliphatic carbocycles. The molecule has 7 heteroatoms. The first-order valence-electron chi connectivity index (χ1n) is 0.698. The molecule has 0 fully saturated rings. The van der Waals surface area contributed by atoms with Crippen LogP contribution >= 0.6 is 0 Å². The molecule has 0 heterocycles. The molecule has 0 aromatic rings. The van der Waals surface area contributed by atoms with E-state index in [1.165, 1.54) is 0 Å². The van der Waals surface area contributed by atoms with Gasteiger partial charge in [0.1, 0.15) is 0 Å². The van der Waals surface area contributed by atoms with Crippen LogP contribution in [0.5, 0.6) is 0 Å². The van der Waals surface area contributed by atoms with E-state index in [2.05, 4.69) is 0 Å². The maximum absolute atomic E-state index is 8.74. The van der Waals surface area contributed by atoms with Crippen LogP contribution in [-0.2, 0) is 10.4 Å². The van der Waals surface area contributed by atoms with Crippen LogP contribution in [0, 0.1) is 0 Å². The number of hydrogen-bond donors (Lipinski definition) is 2. The van der Waals surface area contributed by atoms with Gasteiger partial charge in [0.05, 0.1) is 0 Å². The molecule has 0 aromatic carbocycles. The molecule has 0 spiro atoms. The van der Waals surface area contributed by atoms with E-state index in [-0.39, 0.29) is 76.2 Å². The van der Waals surface area contributed by atoms with Crippen molar-refractivity contribution in [3.63, 3.8) is 0 Å². The zero-order valence-electron chi connectivity index (χ0n) is 2.83. The van der Waals surface area contributed by atoms with Crippen molar-refractivity contribution in [3.05, 3.63) is 0 Å². The van der Waals surface area contributed by atoms with Crippen LogP contribution in [0.25, 0.3) is 0 Å². The standard InChI is InChI=1S/Ba.H2O4S.Pb.4H/c;1-5(2,3)4;;;;;/h;(H2,1,2,3,4);;;;;. The Morgan fingerprint density at radius 1 is 1.14 bits per heavy atom. The van der Waals surface area contributed by atoms with E-state index in [9.17, 15) is 0 Å². The fourth-order valence-corrected chi connectivity index (χ4v) is 0. The number of rotatable bonds is 0. The molecular formula is H6BaO4PbS. The molecule has 0 saturated carbocycles.